The van der Waals surface area contributed by atoms with Gasteiger partial charge in [0, 0.05) is 19.6 Å². The van der Waals surface area contributed by atoms with Gasteiger partial charge in [0.1, 0.15) is 11.4 Å². The van der Waals surface area contributed by atoms with Crippen LogP contribution in [0.15, 0.2) is 24.3 Å². The van der Waals surface area contributed by atoms with Crippen LogP contribution in [0.3, 0.4) is 0 Å². The molecule has 4 amide bonds. The van der Waals surface area contributed by atoms with E-state index >= 15 is 0 Å². The molecule has 1 saturated carbocycles. The average Bonchev–Trinajstić information content (AvgIpc) is 2.73. The Kier molecular flexibility index (Phi) is 8.42. The fourth-order valence-electron chi connectivity index (χ4n) is 3.68. The van der Waals surface area contributed by atoms with Crippen molar-refractivity contribution in [3.63, 3.8) is 0 Å². The number of rotatable bonds is 8. The largest absolute Gasteiger partial charge is 0.341 e. The molecule has 1 aromatic rings. The van der Waals surface area contributed by atoms with Crippen molar-refractivity contribution in [1.82, 2.24) is 20.9 Å². The first-order chi connectivity index (χ1) is 13.9. The molecule has 0 spiro atoms. The number of hydrogen-bond donors (Lipinski definition) is 3. The zero-order valence-electron chi connectivity index (χ0n) is 17.2. The molecular weight excluding hydrogens is 375 g/mol. The Morgan fingerprint density at radius 2 is 1.62 bits per heavy atom. The number of nitrogens with one attached hydrogen (secondary N) is 3. The molecule has 1 fully saturated rings. The van der Waals surface area contributed by atoms with Crippen molar-refractivity contribution in [2.24, 2.45) is 0 Å². The first-order valence-corrected chi connectivity index (χ1v) is 10.3. The lowest BCUT2D eigenvalue weighted by Gasteiger charge is -2.40. The summed E-state index contributed by atoms with van der Waals surface area (Å²) in [7, 11) is 0. The van der Waals surface area contributed by atoms with E-state index < -0.39 is 11.6 Å². The standard InChI is InChI=1S/C21H31FN4O3/c1-3-26(4-2)19(28)21(12-6-5-7-13-21)25-18(27)15-24-20(29)23-14-16-8-10-17(22)11-9-16/h8-11H,3-7,12-15H2,1-2H3,(H,25,27)(H2,23,24,29). The smallest absolute Gasteiger partial charge is 0.315 e. The molecule has 7 nitrogen and oxygen atoms in total. The molecule has 0 bridgehead atoms. The van der Waals surface area contributed by atoms with Gasteiger partial charge in [-0.25, -0.2) is 9.18 Å². The molecule has 3 N–H and O–H groups in total. The van der Waals surface area contributed by atoms with Crippen molar-refractivity contribution in [1.29, 1.82) is 0 Å². The van der Waals surface area contributed by atoms with Gasteiger partial charge in [-0.1, -0.05) is 31.4 Å². The van der Waals surface area contributed by atoms with E-state index in [-0.39, 0.29) is 30.7 Å². The van der Waals surface area contributed by atoms with Crippen LogP contribution >= 0.6 is 0 Å². The quantitative estimate of drug-likeness (QED) is 0.619. The van der Waals surface area contributed by atoms with Crippen molar-refractivity contribution in [3.8, 4) is 0 Å². The van der Waals surface area contributed by atoms with Crippen LogP contribution in [-0.4, -0.2) is 47.9 Å². The van der Waals surface area contributed by atoms with E-state index in [2.05, 4.69) is 16.0 Å². The molecule has 0 aliphatic heterocycles. The Morgan fingerprint density at radius 3 is 2.21 bits per heavy atom. The number of likely N-dealkylation sites (N-methyl/N-ethyl adjacent to an activating group) is 1. The number of urea groups is 1. The van der Waals surface area contributed by atoms with Crippen molar-refractivity contribution in [3.05, 3.63) is 35.6 Å². The molecule has 1 aliphatic rings. The Hall–Kier alpha value is -2.64. The predicted octanol–water partition coefficient (Wildman–Crippen LogP) is 2.31. The van der Waals surface area contributed by atoms with Crippen LogP contribution in [-0.2, 0) is 16.1 Å². The Morgan fingerprint density at radius 1 is 1.00 bits per heavy atom. The first-order valence-electron chi connectivity index (χ1n) is 10.3. The topological polar surface area (TPSA) is 90.5 Å². The van der Waals surface area contributed by atoms with Gasteiger partial charge in [0.25, 0.3) is 0 Å². The predicted molar refractivity (Wildman–Crippen MR) is 109 cm³/mol. The maximum atomic E-state index is 13.0. The number of hydrogen-bond acceptors (Lipinski definition) is 3. The Bertz CT molecular complexity index is 698. The monoisotopic (exact) mass is 406 g/mol. The third-order valence-corrected chi connectivity index (χ3v) is 5.32. The van der Waals surface area contributed by atoms with Gasteiger partial charge in [0.2, 0.25) is 11.8 Å². The van der Waals surface area contributed by atoms with Gasteiger partial charge in [0.15, 0.2) is 0 Å². The number of carbonyl (C=O) groups is 3. The molecule has 0 atom stereocenters. The summed E-state index contributed by atoms with van der Waals surface area (Å²) in [5.74, 6) is -0.772. The third kappa shape index (κ3) is 6.44. The third-order valence-electron chi connectivity index (χ3n) is 5.32. The molecule has 0 saturated heterocycles. The lowest BCUT2D eigenvalue weighted by Crippen LogP contribution is -2.61. The fourth-order valence-corrected chi connectivity index (χ4v) is 3.68. The summed E-state index contributed by atoms with van der Waals surface area (Å²) < 4.78 is 12.9. The van der Waals surface area contributed by atoms with E-state index in [0.29, 0.717) is 25.9 Å². The lowest BCUT2D eigenvalue weighted by molar-refractivity contribution is -0.143. The summed E-state index contributed by atoms with van der Waals surface area (Å²) >= 11 is 0. The van der Waals surface area contributed by atoms with Crippen LogP contribution in [0.4, 0.5) is 9.18 Å². The van der Waals surface area contributed by atoms with Crippen LogP contribution < -0.4 is 16.0 Å². The number of amides is 4. The minimum atomic E-state index is -0.881. The van der Waals surface area contributed by atoms with Gasteiger partial charge in [-0.05, 0) is 44.4 Å². The van der Waals surface area contributed by atoms with Gasteiger partial charge >= 0.3 is 6.03 Å². The highest BCUT2D eigenvalue weighted by atomic mass is 19.1. The highest BCUT2D eigenvalue weighted by Crippen LogP contribution is 2.30. The molecule has 0 unspecified atom stereocenters. The van der Waals surface area contributed by atoms with Crippen molar-refractivity contribution < 1.29 is 18.8 Å². The summed E-state index contributed by atoms with van der Waals surface area (Å²) in [5.41, 5.74) is -0.134. The van der Waals surface area contributed by atoms with Gasteiger partial charge < -0.3 is 20.9 Å². The van der Waals surface area contributed by atoms with E-state index in [4.69, 9.17) is 0 Å². The van der Waals surface area contributed by atoms with Crippen LogP contribution in [0.5, 0.6) is 0 Å². The Balaban J connectivity index is 1.86. The van der Waals surface area contributed by atoms with Crippen molar-refractivity contribution in [2.75, 3.05) is 19.6 Å². The summed E-state index contributed by atoms with van der Waals surface area (Å²) in [4.78, 5) is 39.2. The van der Waals surface area contributed by atoms with Gasteiger partial charge in [-0.15, -0.1) is 0 Å². The average molecular weight is 407 g/mol. The second kappa shape index (κ2) is 10.8. The van der Waals surface area contributed by atoms with Gasteiger partial charge in [-0.3, -0.25) is 9.59 Å². The number of carbonyl (C=O) groups excluding carboxylic acids is 3. The van der Waals surface area contributed by atoms with Gasteiger partial charge in [-0.2, -0.15) is 0 Å². The molecular formula is C21H31FN4O3. The lowest BCUT2D eigenvalue weighted by atomic mass is 9.80. The molecule has 0 radical (unpaired) electrons. The molecule has 0 aromatic heterocycles. The van der Waals surface area contributed by atoms with Gasteiger partial charge in [0.05, 0.1) is 6.54 Å². The highest BCUT2D eigenvalue weighted by Gasteiger charge is 2.42. The molecule has 0 heterocycles. The summed E-state index contributed by atoms with van der Waals surface area (Å²) in [6.45, 7) is 5.04. The molecule has 29 heavy (non-hydrogen) atoms. The Labute approximate surface area is 171 Å². The summed E-state index contributed by atoms with van der Waals surface area (Å²) in [5, 5.41) is 8.03. The number of benzene rings is 1. The molecule has 1 aliphatic carbocycles. The number of halogens is 1. The van der Waals surface area contributed by atoms with Crippen molar-refractivity contribution >= 4 is 17.8 Å². The van der Waals surface area contributed by atoms with E-state index in [1.54, 1.807) is 17.0 Å². The highest BCUT2D eigenvalue weighted by molar-refractivity contribution is 5.93. The second-order valence-electron chi connectivity index (χ2n) is 7.33. The molecule has 160 valence electrons. The summed E-state index contributed by atoms with van der Waals surface area (Å²) in [6, 6.07) is 5.29. The van der Waals surface area contributed by atoms with Crippen LogP contribution in [0.1, 0.15) is 51.5 Å². The van der Waals surface area contributed by atoms with E-state index in [1.807, 2.05) is 13.8 Å². The maximum Gasteiger partial charge on any atom is 0.315 e. The van der Waals surface area contributed by atoms with Crippen LogP contribution in [0.25, 0.3) is 0 Å². The maximum absolute atomic E-state index is 13.0. The fraction of sp³-hybridized carbons (Fsp3) is 0.571. The van der Waals surface area contributed by atoms with Crippen molar-refractivity contribution in [2.45, 2.75) is 58.0 Å². The minimum absolute atomic E-state index is 0.0451. The molecule has 8 heteroatoms. The van der Waals surface area contributed by atoms with E-state index in [1.165, 1.54) is 12.1 Å². The number of nitrogens with zero attached hydrogens (tertiary/aromatic N) is 1. The van der Waals surface area contributed by atoms with Crippen LogP contribution in [0.2, 0.25) is 0 Å². The minimum Gasteiger partial charge on any atom is -0.341 e. The summed E-state index contributed by atoms with van der Waals surface area (Å²) in [6.07, 6.45) is 4.06. The zero-order chi connectivity index (χ0) is 21.3. The van der Waals surface area contributed by atoms with Crippen LogP contribution in [0, 0.1) is 5.82 Å². The van der Waals surface area contributed by atoms with E-state index in [9.17, 15) is 18.8 Å². The molecule has 1 aromatic carbocycles. The second-order valence-corrected chi connectivity index (χ2v) is 7.33. The zero-order valence-corrected chi connectivity index (χ0v) is 17.2. The van der Waals surface area contributed by atoms with E-state index in [0.717, 1.165) is 24.8 Å². The SMILES string of the molecule is CCN(CC)C(=O)C1(NC(=O)CNC(=O)NCc2ccc(F)cc2)CCCCC1. The molecule has 2 rings (SSSR count). The first kappa shape index (κ1) is 22.6. The normalized spacial score (nSPS) is 15.3.